The van der Waals surface area contributed by atoms with Crippen molar-refractivity contribution >= 4 is 0 Å². The quantitative estimate of drug-likeness (QED) is 0.387. The van der Waals surface area contributed by atoms with Gasteiger partial charge in [0, 0.05) is 5.70 Å². The van der Waals surface area contributed by atoms with Gasteiger partial charge in [-0.05, 0) is 18.8 Å². The number of nitrogens with zero attached hydrogens (tertiary/aromatic N) is 2. The molecule has 0 aliphatic heterocycles. The topological polar surface area (TPSA) is 62.8 Å². The summed E-state index contributed by atoms with van der Waals surface area (Å²) in [6, 6.07) is 0. The van der Waals surface area contributed by atoms with Gasteiger partial charge in [0.25, 0.3) is 0 Å². The van der Waals surface area contributed by atoms with E-state index in [1.165, 1.54) is 0 Å². The molecule has 0 amide bonds. The molecule has 0 atom stereocenters. The molecule has 0 radical (unpaired) electrons. The Morgan fingerprint density at radius 3 is 2.42 bits per heavy atom. The smallest absolute Gasteiger partial charge is 0.0316 e. The first-order valence-corrected chi connectivity index (χ1v) is 4.00. The summed E-state index contributed by atoms with van der Waals surface area (Å²) in [5.41, 5.74) is 4.06. The van der Waals surface area contributed by atoms with Gasteiger partial charge in [0.05, 0.1) is 0 Å². The van der Waals surface area contributed by atoms with Crippen molar-refractivity contribution in [3.8, 4) is 0 Å². The van der Waals surface area contributed by atoms with E-state index >= 15 is 0 Å². The van der Waals surface area contributed by atoms with Crippen LogP contribution < -0.4 is 11.3 Å². The first kappa shape index (κ1) is 10.9. The third-order valence-electron chi connectivity index (χ3n) is 1.32. The maximum absolute atomic E-state index is 4.86. The second kappa shape index (κ2) is 4.74. The van der Waals surface area contributed by atoms with Crippen molar-refractivity contribution in [2.75, 3.05) is 0 Å². The lowest BCUT2D eigenvalue weighted by atomic mass is 9.90. The molecular formula is C8H18N4. The molecule has 0 aliphatic rings. The van der Waals surface area contributed by atoms with Crippen LogP contribution in [-0.4, -0.2) is 0 Å². The second-order valence-electron chi connectivity index (χ2n) is 3.88. The average Bonchev–Trinajstić information content (AvgIpc) is 1.95. The summed E-state index contributed by atoms with van der Waals surface area (Å²) >= 11 is 0. The SMILES string of the molecule is C/C=C(/CC(C)(C)C)N/N=N\N. The molecule has 0 saturated heterocycles. The van der Waals surface area contributed by atoms with Crippen molar-refractivity contribution < 1.29 is 0 Å². The van der Waals surface area contributed by atoms with Gasteiger partial charge in [0.2, 0.25) is 0 Å². The van der Waals surface area contributed by atoms with Gasteiger partial charge in [-0.1, -0.05) is 37.3 Å². The number of hydrogen-bond donors (Lipinski definition) is 2. The normalized spacial score (nSPS) is 13.8. The third-order valence-corrected chi connectivity index (χ3v) is 1.32. The average molecular weight is 170 g/mol. The lowest BCUT2D eigenvalue weighted by Gasteiger charge is -2.19. The molecule has 70 valence electrons. The number of nitrogens with two attached hydrogens (primary N) is 1. The van der Waals surface area contributed by atoms with Crippen LogP contribution in [0.3, 0.4) is 0 Å². The Hall–Kier alpha value is -1.06. The van der Waals surface area contributed by atoms with Gasteiger partial charge in [-0.2, -0.15) is 0 Å². The monoisotopic (exact) mass is 170 g/mol. The molecule has 4 nitrogen and oxygen atoms in total. The van der Waals surface area contributed by atoms with E-state index in [1.807, 2.05) is 13.0 Å². The summed E-state index contributed by atoms with van der Waals surface area (Å²) in [6.45, 7) is 8.45. The van der Waals surface area contributed by atoms with Gasteiger partial charge < -0.3 is 5.84 Å². The molecule has 0 unspecified atom stereocenters. The standard InChI is InChI=1S/C8H18N4/c1-5-7(10-12-11-9)6-8(2,3)4/h5H,6H2,1-4H3,(H2,9,12)(H,10,11)/b7-5-. The molecule has 3 N–H and O–H groups in total. The van der Waals surface area contributed by atoms with Crippen LogP contribution in [0.2, 0.25) is 0 Å². The molecule has 0 bridgehead atoms. The fraction of sp³-hybridized carbons (Fsp3) is 0.750. The molecular weight excluding hydrogens is 152 g/mol. The van der Waals surface area contributed by atoms with Gasteiger partial charge in [0.15, 0.2) is 0 Å². The highest BCUT2D eigenvalue weighted by molar-refractivity contribution is 4.99. The number of nitrogens with one attached hydrogen (secondary N) is 1. The first-order valence-electron chi connectivity index (χ1n) is 4.00. The molecule has 4 heteroatoms. The van der Waals surface area contributed by atoms with E-state index in [0.29, 0.717) is 0 Å². The molecule has 0 aromatic carbocycles. The van der Waals surface area contributed by atoms with Crippen molar-refractivity contribution in [3.05, 3.63) is 11.8 Å². The van der Waals surface area contributed by atoms with E-state index in [-0.39, 0.29) is 5.41 Å². The van der Waals surface area contributed by atoms with Crippen molar-refractivity contribution in [1.82, 2.24) is 5.43 Å². The van der Waals surface area contributed by atoms with Crippen LogP contribution in [0.15, 0.2) is 22.2 Å². The highest BCUT2D eigenvalue weighted by Crippen LogP contribution is 2.22. The lowest BCUT2D eigenvalue weighted by molar-refractivity contribution is 0.397. The molecule has 0 saturated carbocycles. The zero-order chi connectivity index (χ0) is 9.61. The Morgan fingerprint density at radius 1 is 1.50 bits per heavy atom. The molecule has 0 heterocycles. The summed E-state index contributed by atoms with van der Waals surface area (Å²) in [5.74, 6) is 4.86. The highest BCUT2D eigenvalue weighted by Gasteiger charge is 2.12. The maximum atomic E-state index is 4.86. The van der Waals surface area contributed by atoms with E-state index in [4.69, 9.17) is 5.84 Å². The molecule has 12 heavy (non-hydrogen) atoms. The summed E-state index contributed by atoms with van der Waals surface area (Å²) in [6.07, 6.45) is 2.91. The summed E-state index contributed by atoms with van der Waals surface area (Å²) in [7, 11) is 0. The van der Waals surface area contributed by atoms with Crippen LogP contribution >= 0.6 is 0 Å². The summed E-state index contributed by atoms with van der Waals surface area (Å²) in [5, 5.41) is 6.64. The number of allylic oxidation sites excluding steroid dienone is 2. The minimum Gasteiger partial charge on any atom is -0.303 e. The predicted molar refractivity (Wildman–Crippen MR) is 50.0 cm³/mol. The van der Waals surface area contributed by atoms with Crippen LogP contribution in [0, 0.1) is 5.41 Å². The van der Waals surface area contributed by atoms with Gasteiger partial charge in [0.1, 0.15) is 0 Å². The fourth-order valence-electron chi connectivity index (χ4n) is 0.871. The van der Waals surface area contributed by atoms with E-state index < -0.39 is 0 Å². The van der Waals surface area contributed by atoms with Gasteiger partial charge >= 0.3 is 0 Å². The highest BCUT2D eigenvalue weighted by atomic mass is 15.5. The summed E-state index contributed by atoms with van der Waals surface area (Å²) in [4.78, 5) is 0. The van der Waals surface area contributed by atoms with Gasteiger partial charge in [-0.15, -0.1) is 0 Å². The number of rotatable bonds is 3. The Balaban J connectivity index is 4.03. The molecule has 0 rings (SSSR count). The van der Waals surface area contributed by atoms with Crippen LogP contribution in [0.5, 0.6) is 0 Å². The first-order chi connectivity index (χ1) is 5.49. The molecule has 0 aromatic rings. The van der Waals surface area contributed by atoms with Gasteiger partial charge in [-0.3, -0.25) is 5.43 Å². The van der Waals surface area contributed by atoms with Crippen LogP contribution in [0.25, 0.3) is 0 Å². The third kappa shape index (κ3) is 5.70. The molecule has 0 aromatic heterocycles. The van der Waals surface area contributed by atoms with Crippen molar-refractivity contribution in [3.63, 3.8) is 0 Å². The van der Waals surface area contributed by atoms with Crippen molar-refractivity contribution in [2.24, 2.45) is 21.7 Å². The molecule has 0 fully saturated rings. The zero-order valence-corrected chi connectivity index (χ0v) is 8.26. The Kier molecular flexibility index (Phi) is 4.33. The van der Waals surface area contributed by atoms with E-state index in [2.05, 4.69) is 36.6 Å². The van der Waals surface area contributed by atoms with Gasteiger partial charge in [-0.25, -0.2) is 0 Å². The van der Waals surface area contributed by atoms with E-state index in [9.17, 15) is 0 Å². The summed E-state index contributed by atoms with van der Waals surface area (Å²) < 4.78 is 0. The molecule has 0 spiro atoms. The van der Waals surface area contributed by atoms with Crippen LogP contribution in [0.4, 0.5) is 0 Å². The Morgan fingerprint density at radius 2 is 2.08 bits per heavy atom. The minimum atomic E-state index is 0.249. The van der Waals surface area contributed by atoms with E-state index in [1.54, 1.807) is 0 Å². The number of hydrogen-bond acceptors (Lipinski definition) is 2. The predicted octanol–water partition coefficient (Wildman–Crippen LogP) is 2.16. The van der Waals surface area contributed by atoms with Crippen LogP contribution in [0.1, 0.15) is 34.1 Å². The maximum Gasteiger partial charge on any atom is 0.0316 e. The lowest BCUT2D eigenvalue weighted by Crippen LogP contribution is -2.14. The Bertz CT molecular complexity index is 176. The van der Waals surface area contributed by atoms with Crippen molar-refractivity contribution in [1.29, 1.82) is 0 Å². The van der Waals surface area contributed by atoms with Crippen molar-refractivity contribution in [2.45, 2.75) is 34.1 Å². The van der Waals surface area contributed by atoms with Crippen LogP contribution in [-0.2, 0) is 0 Å². The largest absolute Gasteiger partial charge is 0.303 e. The molecule has 0 aliphatic carbocycles. The Labute approximate surface area is 73.9 Å². The second-order valence-corrected chi connectivity index (χ2v) is 3.88. The van der Waals surface area contributed by atoms with E-state index in [0.717, 1.165) is 12.1 Å². The minimum absolute atomic E-state index is 0.249. The fourth-order valence-corrected chi connectivity index (χ4v) is 0.871. The zero-order valence-electron chi connectivity index (χ0n) is 8.26.